The first-order valence-corrected chi connectivity index (χ1v) is 22.6. The van der Waals surface area contributed by atoms with Crippen LogP contribution in [0.1, 0.15) is 88.5 Å². The zero-order valence-electron chi connectivity index (χ0n) is 35.4. The van der Waals surface area contributed by atoms with Crippen molar-refractivity contribution in [2.45, 2.75) is 81.0 Å². The maximum Gasteiger partial charge on any atom is 0.255 e. The second-order valence-corrected chi connectivity index (χ2v) is 18.7. The summed E-state index contributed by atoms with van der Waals surface area (Å²) in [6, 6.07) is 27.0. The zero-order valence-corrected chi connectivity index (χ0v) is 35.4. The number of aromatic hydroxyl groups is 1. The van der Waals surface area contributed by atoms with Crippen LogP contribution in [-0.2, 0) is 27.3 Å². The number of aryl methyl sites for hydroxylation is 1. The number of piperazine rings is 1. The highest BCUT2D eigenvalue weighted by atomic mass is 16.5. The normalized spacial score (nSPS) is 26.7. The molecule has 6 heterocycles. The van der Waals surface area contributed by atoms with Crippen LogP contribution in [-0.4, -0.2) is 110 Å². The Morgan fingerprint density at radius 1 is 0.871 bits per heavy atom. The summed E-state index contributed by atoms with van der Waals surface area (Å²) < 4.78 is 19.4. The number of carbonyl (C=O) groups excluding carboxylic acids is 3. The van der Waals surface area contributed by atoms with E-state index in [4.69, 9.17) is 14.2 Å². The van der Waals surface area contributed by atoms with Crippen LogP contribution >= 0.6 is 0 Å². The highest BCUT2D eigenvalue weighted by Crippen LogP contribution is 2.50. The van der Waals surface area contributed by atoms with Crippen LogP contribution in [0.25, 0.3) is 0 Å². The molecule has 11 rings (SSSR count). The number of phenolic OH excluding ortho intramolecular Hbond substituents is 1. The first-order valence-electron chi connectivity index (χ1n) is 22.6. The summed E-state index contributed by atoms with van der Waals surface area (Å²) >= 11 is 0. The molecule has 12 heteroatoms. The Labute approximate surface area is 362 Å². The highest BCUT2D eigenvalue weighted by Gasteiger charge is 2.46. The highest BCUT2D eigenvalue weighted by molar-refractivity contribution is 6.06. The Morgan fingerprint density at radius 3 is 2.53 bits per heavy atom. The number of nitrogens with zero attached hydrogens (tertiary/aromatic N) is 4. The van der Waals surface area contributed by atoms with Gasteiger partial charge in [0.05, 0.1) is 37.6 Å². The van der Waals surface area contributed by atoms with Crippen molar-refractivity contribution >= 4 is 29.1 Å². The minimum absolute atomic E-state index is 0.0836. The number of nitrogens with one attached hydrogen (secondary N) is 1. The fourth-order valence-corrected chi connectivity index (χ4v) is 12.1. The molecule has 1 aliphatic carbocycles. The standard InChI is InChI=1S/C50H55N5O7/c1-60-44-24-34(8-11-40(44)46-37(32-5-3-2-4-6-32)10-7-33-23-36(56)9-12-38(33)46)53-19-17-50(18-20-53)25-31(29-62-50)26-52-21-22-54-35(27-52)30-61-47-41-28-55(43-15-16-45(57)51-48(43)58)49(59)39(41)13-14-42(47)54/h2-6,8-9,11-14,23-24,31,35,37,43,46,56H,7,10,15-22,25-30H2,1H3,(H,51,57,58)/t31?,35-,37+,43+,46-/m1/s1. The molecule has 0 aromatic heterocycles. The SMILES string of the molecule is COc1cc(N2CCC3(CC2)CC(CN2CCN4c5ccc6c(c5OC[C@H]4C2)CN([C@H]2CCC(=O)NC2=O)C6=O)CO3)ccc1[C@H]1c2ccc(O)cc2CC[C@H]1c1ccccc1. The first kappa shape index (κ1) is 39.3. The van der Waals surface area contributed by atoms with Gasteiger partial charge >= 0.3 is 0 Å². The van der Waals surface area contributed by atoms with Crippen molar-refractivity contribution in [3.8, 4) is 17.2 Å². The van der Waals surface area contributed by atoms with Crippen LogP contribution in [0.4, 0.5) is 11.4 Å². The Hall–Kier alpha value is -5.59. The molecule has 4 aromatic carbocycles. The number of rotatable bonds is 7. The van der Waals surface area contributed by atoms with Crippen molar-refractivity contribution in [2.75, 3.05) is 69.4 Å². The average molecular weight is 838 g/mol. The zero-order chi connectivity index (χ0) is 42.1. The van der Waals surface area contributed by atoms with Crippen molar-refractivity contribution in [1.29, 1.82) is 0 Å². The summed E-state index contributed by atoms with van der Waals surface area (Å²) in [5, 5.41) is 12.7. The molecule has 62 heavy (non-hydrogen) atoms. The molecule has 6 aliphatic heterocycles. The lowest BCUT2D eigenvalue weighted by molar-refractivity contribution is -0.136. The van der Waals surface area contributed by atoms with Crippen molar-refractivity contribution in [2.24, 2.45) is 5.92 Å². The van der Waals surface area contributed by atoms with Crippen LogP contribution in [0.3, 0.4) is 0 Å². The van der Waals surface area contributed by atoms with E-state index in [1.807, 2.05) is 24.3 Å². The molecule has 0 bridgehead atoms. The van der Waals surface area contributed by atoms with Gasteiger partial charge in [-0.2, -0.15) is 0 Å². The summed E-state index contributed by atoms with van der Waals surface area (Å²) in [6.07, 6.45) is 5.59. The minimum Gasteiger partial charge on any atom is -0.508 e. The third-order valence-electron chi connectivity index (χ3n) is 15.2. The van der Waals surface area contributed by atoms with Gasteiger partial charge in [-0.15, -0.1) is 0 Å². The number of phenols is 1. The Balaban J connectivity index is 0.717. The van der Waals surface area contributed by atoms with Gasteiger partial charge in [-0.05, 0) is 97.4 Å². The summed E-state index contributed by atoms with van der Waals surface area (Å²) in [7, 11) is 1.78. The van der Waals surface area contributed by atoms with Gasteiger partial charge in [0.15, 0.2) is 0 Å². The first-order chi connectivity index (χ1) is 30.2. The third kappa shape index (κ3) is 6.86. The molecular formula is C50H55N5O7. The molecule has 5 atom stereocenters. The van der Waals surface area contributed by atoms with Gasteiger partial charge in [-0.25, -0.2) is 0 Å². The molecule has 1 spiro atoms. The summed E-state index contributed by atoms with van der Waals surface area (Å²) in [5.41, 5.74) is 8.57. The molecule has 4 saturated heterocycles. The van der Waals surface area contributed by atoms with Gasteiger partial charge in [0.1, 0.15) is 29.9 Å². The van der Waals surface area contributed by atoms with Crippen molar-refractivity contribution in [3.63, 3.8) is 0 Å². The Bertz CT molecular complexity index is 2420. The van der Waals surface area contributed by atoms with E-state index in [0.717, 1.165) is 101 Å². The molecule has 7 aliphatic rings. The number of piperidine rings is 2. The number of fused-ring (bicyclic) bond motifs is 6. The molecule has 0 saturated carbocycles. The molecule has 3 amide bonds. The molecule has 4 aromatic rings. The summed E-state index contributed by atoms with van der Waals surface area (Å²) in [4.78, 5) is 46.9. The average Bonchev–Trinajstić information content (AvgIpc) is 3.85. The van der Waals surface area contributed by atoms with E-state index in [9.17, 15) is 19.5 Å². The van der Waals surface area contributed by atoms with Gasteiger partial charge < -0.3 is 34.0 Å². The predicted octanol–water partition coefficient (Wildman–Crippen LogP) is 5.98. The molecule has 4 fully saturated rings. The van der Waals surface area contributed by atoms with Gasteiger partial charge in [0.2, 0.25) is 11.8 Å². The number of anilines is 2. The van der Waals surface area contributed by atoms with Crippen LogP contribution in [0.2, 0.25) is 0 Å². The van der Waals surface area contributed by atoms with E-state index in [0.29, 0.717) is 42.7 Å². The van der Waals surface area contributed by atoms with Gasteiger partial charge in [-0.3, -0.25) is 24.6 Å². The molecule has 0 radical (unpaired) electrons. The lowest BCUT2D eigenvalue weighted by Gasteiger charge is -2.46. The predicted molar refractivity (Wildman–Crippen MR) is 234 cm³/mol. The van der Waals surface area contributed by atoms with E-state index in [-0.39, 0.29) is 35.8 Å². The molecule has 2 N–H and O–H groups in total. The van der Waals surface area contributed by atoms with Crippen molar-refractivity contribution < 1.29 is 33.7 Å². The second kappa shape index (κ2) is 15.6. The van der Waals surface area contributed by atoms with Crippen LogP contribution in [0.5, 0.6) is 17.2 Å². The molecular weight excluding hydrogens is 783 g/mol. The van der Waals surface area contributed by atoms with E-state index in [2.05, 4.69) is 74.6 Å². The number of amides is 3. The van der Waals surface area contributed by atoms with Crippen LogP contribution in [0.15, 0.2) is 78.9 Å². The maximum absolute atomic E-state index is 13.4. The third-order valence-corrected chi connectivity index (χ3v) is 15.2. The molecule has 322 valence electrons. The Kier molecular flexibility index (Phi) is 9.91. The lowest BCUT2D eigenvalue weighted by Crippen LogP contribution is -2.58. The number of methoxy groups -OCH3 is 1. The number of carbonyl (C=O) groups is 3. The van der Waals surface area contributed by atoms with E-state index < -0.39 is 11.9 Å². The minimum atomic E-state index is -0.644. The number of benzene rings is 4. The van der Waals surface area contributed by atoms with Crippen molar-refractivity contribution in [3.05, 3.63) is 112 Å². The van der Waals surface area contributed by atoms with Crippen LogP contribution < -0.4 is 24.6 Å². The number of hydrogen-bond acceptors (Lipinski definition) is 10. The quantitative estimate of drug-likeness (QED) is 0.215. The largest absolute Gasteiger partial charge is 0.508 e. The second-order valence-electron chi connectivity index (χ2n) is 18.7. The number of ether oxygens (including phenoxy) is 3. The maximum atomic E-state index is 13.4. The van der Waals surface area contributed by atoms with E-state index in [1.165, 1.54) is 27.9 Å². The van der Waals surface area contributed by atoms with E-state index in [1.54, 1.807) is 12.0 Å². The van der Waals surface area contributed by atoms with Gasteiger partial charge in [0, 0.05) is 80.1 Å². The molecule has 1 unspecified atom stereocenters. The Morgan fingerprint density at radius 2 is 1.71 bits per heavy atom. The van der Waals surface area contributed by atoms with E-state index >= 15 is 0 Å². The lowest BCUT2D eigenvalue weighted by atomic mass is 9.69. The fraction of sp³-hybridized carbons (Fsp3) is 0.460. The van der Waals surface area contributed by atoms with Crippen molar-refractivity contribution in [1.82, 2.24) is 15.1 Å². The topological polar surface area (TPSA) is 124 Å². The smallest absolute Gasteiger partial charge is 0.255 e. The number of imide groups is 1. The van der Waals surface area contributed by atoms with Gasteiger partial charge in [0.25, 0.3) is 5.91 Å². The number of hydrogen-bond donors (Lipinski definition) is 2. The monoisotopic (exact) mass is 837 g/mol. The summed E-state index contributed by atoms with van der Waals surface area (Å²) in [6.45, 7) is 7.27. The molecule has 12 nitrogen and oxygen atoms in total. The summed E-state index contributed by atoms with van der Waals surface area (Å²) in [5.74, 6) is 2.04. The fourth-order valence-electron chi connectivity index (χ4n) is 12.1. The van der Waals surface area contributed by atoms with Crippen LogP contribution in [0, 0.1) is 5.92 Å². The van der Waals surface area contributed by atoms with Gasteiger partial charge in [-0.1, -0.05) is 42.5 Å².